The van der Waals surface area contributed by atoms with Crippen molar-refractivity contribution in [1.29, 1.82) is 0 Å². The zero-order valence-corrected chi connectivity index (χ0v) is 31.6. The van der Waals surface area contributed by atoms with Gasteiger partial charge in [-0.15, -0.1) is 0 Å². The van der Waals surface area contributed by atoms with Crippen LogP contribution in [0.3, 0.4) is 0 Å². The minimum absolute atomic E-state index is 0.0317. The number of nitrogens with one attached hydrogen (secondary N) is 3. The van der Waals surface area contributed by atoms with Crippen LogP contribution >= 0.6 is 11.6 Å². The third-order valence-electron chi connectivity index (χ3n) is 12.9. The Hall–Kier alpha value is -2.78. The molecule has 286 valence electrons. The molecule has 52 heavy (non-hydrogen) atoms. The maximum Gasteiger partial charge on any atom is 0.418 e. The summed E-state index contributed by atoms with van der Waals surface area (Å²) in [5, 5.41) is 9.19. The molecule has 3 N–H and O–H groups in total. The lowest BCUT2D eigenvalue weighted by atomic mass is 9.76. The SMILES string of the molecule is CNc1c(Cl)cc(C[C@@H](CCCCC2CCC(CCC3Cc4ccccc4NC3=O)CC2)C(=O)N2CCC(C3CCNCC3)CC2)cc1C(F)(F)F. The molecule has 10 heteroatoms. The molecule has 2 amide bonds. The van der Waals surface area contributed by atoms with E-state index in [4.69, 9.17) is 11.6 Å². The maximum atomic E-state index is 14.1. The second-order valence-corrected chi connectivity index (χ2v) is 16.6. The summed E-state index contributed by atoms with van der Waals surface area (Å²) < 4.78 is 42.1. The first kappa shape index (κ1) is 38.9. The summed E-state index contributed by atoms with van der Waals surface area (Å²) >= 11 is 6.37. The molecule has 1 aliphatic carbocycles. The van der Waals surface area contributed by atoms with E-state index in [-0.39, 0.29) is 40.8 Å². The van der Waals surface area contributed by atoms with E-state index in [0.717, 1.165) is 89.2 Å². The predicted octanol–water partition coefficient (Wildman–Crippen LogP) is 9.76. The number of amides is 2. The molecule has 1 saturated carbocycles. The summed E-state index contributed by atoms with van der Waals surface area (Å²) in [6.45, 7) is 3.61. The van der Waals surface area contributed by atoms with Gasteiger partial charge in [0.2, 0.25) is 11.8 Å². The van der Waals surface area contributed by atoms with Crippen molar-refractivity contribution in [3.63, 3.8) is 0 Å². The van der Waals surface area contributed by atoms with Gasteiger partial charge >= 0.3 is 6.18 Å². The fourth-order valence-corrected chi connectivity index (χ4v) is 10.1. The quantitative estimate of drug-likeness (QED) is 0.179. The molecule has 0 aromatic heterocycles. The van der Waals surface area contributed by atoms with Crippen LogP contribution < -0.4 is 16.0 Å². The summed E-state index contributed by atoms with van der Waals surface area (Å²) in [7, 11) is 1.44. The molecular formula is C42H58ClF3N4O2. The van der Waals surface area contributed by atoms with E-state index >= 15 is 0 Å². The largest absolute Gasteiger partial charge is 0.418 e. The van der Waals surface area contributed by atoms with Crippen molar-refractivity contribution >= 4 is 34.8 Å². The molecular weight excluding hydrogens is 685 g/mol. The molecule has 4 aliphatic rings. The lowest BCUT2D eigenvalue weighted by Gasteiger charge is -2.39. The molecule has 2 aromatic carbocycles. The predicted molar refractivity (Wildman–Crippen MR) is 204 cm³/mol. The molecule has 0 bridgehead atoms. The summed E-state index contributed by atoms with van der Waals surface area (Å²) in [5.41, 5.74) is 1.75. The number of unbranched alkanes of at least 4 members (excludes halogenated alkanes) is 1. The fraction of sp³-hybridized carbons (Fsp3) is 0.667. The highest BCUT2D eigenvalue weighted by atomic mass is 35.5. The second-order valence-electron chi connectivity index (χ2n) is 16.2. The second kappa shape index (κ2) is 18.0. The van der Waals surface area contributed by atoms with Crippen molar-refractivity contribution in [2.24, 2.45) is 35.5 Å². The Morgan fingerprint density at radius 2 is 1.60 bits per heavy atom. The van der Waals surface area contributed by atoms with Crippen LogP contribution in [0.25, 0.3) is 0 Å². The molecule has 3 fully saturated rings. The van der Waals surface area contributed by atoms with Crippen molar-refractivity contribution < 1.29 is 22.8 Å². The van der Waals surface area contributed by atoms with Gasteiger partial charge in [-0.1, -0.05) is 74.7 Å². The first-order valence-corrected chi connectivity index (χ1v) is 20.4. The Bertz CT molecular complexity index is 1500. The van der Waals surface area contributed by atoms with Crippen molar-refractivity contribution in [1.82, 2.24) is 10.2 Å². The molecule has 2 atom stereocenters. The molecule has 2 saturated heterocycles. The number of hydrogen-bond donors (Lipinski definition) is 3. The van der Waals surface area contributed by atoms with Gasteiger partial charge in [0.1, 0.15) is 0 Å². The number of alkyl halides is 3. The van der Waals surface area contributed by atoms with Crippen LogP contribution in [0.5, 0.6) is 0 Å². The summed E-state index contributed by atoms with van der Waals surface area (Å²) in [5.74, 6) is 2.64. The number of piperidine rings is 2. The number of halogens is 4. The average Bonchev–Trinajstić information content (AvgIpc) is 3.15. The van der Waals surface area contributed by atoms with E-state index in [0.29, 0.717) is 29.7 Å². The van der Waals surface area contributed by atoms with Crippen LogP contribution in [0.15, 0.2) is 36.4 Å². The van der Waals surface area contributed by atoms with Crippen molar-refractivity contribution in [2.75, 3.05) is 43.9 Å². The Balaban J connectivity index is 0.998. The van der Waals surface area contributed by atoms with E-state index in [1.54, 1.807) is 6.07 Å². The maximum absolute atomic E-state index is 14.1. The summed E-state index contributed by atoms with van der Waals surface area (Å²) in [6, 6.07) is 10.9. The van der Waals surface area contributed by atoms with Gasteiger partial charge in [0.05, 0.1) is 16.3 Å². The minimum Gasteiger partial charge on any atom is -0.386 e. The number of rotatable bonds is 13. The molecule has 3 heterocycles. The van der Waals surface area contributed by atoms with Crippen LogP contribution in [-0.4, -0.2) is 49.9 Å². The number of fused-ring (bicyclic) bond motifs is 1. The van der Waals surface area contributed by atoms with Crippen molar-refractivity contribution in [3.8, 4) is 0 Å². The normalized spacial score (nSPS) is 23.9. The highest BCUT2D eigenvalue weighted by Crippen LogP contribution is 2.41. The summed E-state index contributed by atoms with van der Waals surface area (Å²) in [4.78, 5) is 28.8. The number of hydrogen-bond acceptors (Lipinski definition) is 4. The third kappa shape index (κ3) is 10.0. The molecule has 6 rings (SSSR count). The van der Waals surface area contributed by atoms with E-state index in [9.17, 15) is 22.8 Å². The first-order valence-electron chi connectivity index (χ1n) is 20.0. The highest BCUT2D eigenvalue weighted by Gasteiger charge is 2.36. The van der Waals surface area contributed by atoms with Gasteiger partial charge in [-0.3, -0.25) is 9.59 Å². The molecule has 0 spiro atoms. The van der Waals surface area contributed by atoms with Gasteiger partial charge in [0, 0.05) is 37.7 Å². The van der Waals surface area contributed by atoms with Crippen molar-refractivity contribution in [3.05, 3.63) is 58.1 Å². The zero-order chi connectivity index (χ0) is 36.7. The van der Waals surface area contributed by atoms with Gasteiger partial charge < -0.3 is 20.9 Å². The monoisotopic (exact) mass is 742 g/mol. The number of benzene rings is 2. The lowest BCUT2D eigenvalue weighted by molar-refractivity contribution is -0.137. The Labute approximate surface area is 313 Å². The van der Waals surface area contributed by atoms with E-state index < -0.39 is 11.7 Å². The molecule has 6 nitrogen and oxygen atoms in total. The average molecular weight is 743 g/mol. The Morgan fingerprint density at radius 1 is 0.923 bits per heavy atom. The van der Waals surface area contributed by atoms with E-state index in [1.165, 1.54) is 57.2 Å². The van der Waals surface area contributed by atoms with Gasteiger partial charge in [0.15, 0.2) is 0 Å². The van der Waals surface area contributed by atoms with Crippen molar-refractivity contribution in [2.45, 2.75) is 109 Å². The van der Waals surface area contributed by atoms with Gasteiger partial charge in [0.25, 0.3) is 0 Å². The number of anilines is 2. The van der Waals surface area contributed by atoms with Crippen LogP contribution in [0.2, 0.25) is 5.02 Å². The van der Waals surface area contributed by atoms with Crippen LogP contribution in [0.4, 0.5) is 24.5 Å². The van der Waals surface area contributed by atoms with E-state index in [2.05, 4.69) is 22.0 Å². The summed E-state index contributed by atoms with van der Waals surface area (Å²) in [6.07, 6.45) is 11.5. The van der Waals surface area contributed by atoms with Crippen LogP contribution in [0, 0.1) is 35.5 Å². The molecule has 0 radical (unpaired) electrons. The van der Waals surface area contributed by atoms with Gasteiger partial charge in [-0.05, 0) is 124 Å². The number of nitrogens with zero attached hydrogens (tertiary/aromatic N) is 1. The lowest BCUT2D eigenvalue weighted by Crippen LogP contribution is -2.44. The number of likely N-dealkylation sites (tertiary alicyclic amines) is 1. The fourth-order valence-electron chi connectivity index (χ4n) is 9.74. The topological polar surface area (TPSA) is 73.5 Å². The molecule has 2 aromatic rings. The van der Waals surface area contributed by atoms with Crippen LogP contribution in [-0.2, 0) is 28.6 Å². The zero-order valence-electron chi connectivity index (χ0n) is 30.8. The molecule has 3 aliphatic heterocycles. The first-order chi connectivity index (χ1) is 25.1. The third-order valence-corrected chi connectivity index (χ3v) is 13.2. The van der Waals surface area contributed by atoms with Gasteiger partial charge in [-0.2, -0.15) is 13.2 Å². The number of carbonyl (C=O) groups excluding carboxylic acids is 2. The Kier molecular flexibility index (Phi) is 13.5. The number of para-hydroxylation sites is 1. The van der Waals surface area contributed by atoms with Crippen LogP contribution in [0.1, 0.15) is 107 Å². The molecule has 1 unspecified atom stereocenters. The number of carbonyl (C=O) groups is 2. The van der Waals surface area contributed by atoms with Gasteiger partial charge in [-0.25, -0.2) is 0 Å². The standard InChI is InChI=1S/C42H58ClF3N4O2/c1-47-39-36(42(44,45)46)25-30(26-37(39)43)24-35(41(52)50-22-18-32(19-23-50)31-16-20-48-21-17-31)8-3-2-6-28-10-12-29(13-11-28)14-15-34-27-33-7-4-5-9-38(33)49-40(34)51/h4-5,7,9,25-26,28-29,31-32,34-35,47-48H,2-3,6,8,10-24,27H2,1H3,(H,49,51)/t28?,29?,34?,35-/m1/s1. The minimum atomic E-state index is -4.55. The highest BCUT2D eigenvalue weighted by molar-refractivity contribution is 6.33. The Morgan fingerprint density at radius 3 is 2.29 bits per heavy atom. The smallest absolute Gasteiger partial charge is 0.386 e. The van der Waals surface area contributed by atoms with E-state index in [1.807, 2.05) is 23.1 Å².